The van der Waals surface area contributed by atoms with Gasteiger partial charge in [0.25, 0.3) is 11.8 Å². The number of anilines is 2. The van der Waals surface area contributed by atoms with Crippen LogP contribution in [0.5, 0.6) is 0 Å². The van der Waals surface area contributed by atoms with Gasteiger partial charge in [-0.2, -0.15) is 0 Å². The number of nitrogens with one attached hydrogen (secondary N) is 1. The third-order valence-corrected chi connectivity index (χ3v) is 5.83. The van der Waals surface area contributed by atoms with Gasteiger partial charge in [0.15, 0.2) is 0 Å². The number of aryl methyl sites for hydroxylation is 3. The maximum atomic E-state index is 13.5. The summed E-state index contributed by atoms with van der Waals surface area (Å²) in [5.74, 6) is -1.34. The van der Waals surface area contributed by atoms with Gasteiger partial charge in [-0.3, -0.25) is 9.59 Å². The second-order valence-electron chi connectivity index (χ2n) is 7.84. The van der Waals surface area contributed by atoms with Gasteiger partial charge in [-0.1, -0.05) is 30.3 Å². The minimum absolute atomic E-state index is 0.214. The van der Waals surface area contributed by atoms with E-state index in [-0.39, 0.29) is 5.70 Å². The molecule has 3 aromatic rings. The molecule has 0 spiro atoms. The summed E-state index contributed by atoms with van der Waals surface area (Å²) in [6.07, 6.45) is 0. The lowest BCUT2D eigenvalue weighted by Crippen LogP contribution is -2.32. The van der Waals surface area contributed by atoms with E-state index < -0.39 is 17.6 Å². The largest absolute Gasteiger partial charge is 0.350 e. The molecule has 2 amide bonds. The summed E-state index contributed by atoms with van der Waals surface area (Å²) in [6, 6.07) is 16.8. The van der Waals surface area contributed by atoms with Crippen molar-refractivity contribution in [1.82, 2.24) is 0 Å². The lowest BCUT2D eigenvalue weighted by atomic mass is 9.99. The lowest BCUT2D eigenvalue weighted by molar-refractivity contribution is -0.120. The number of halogens is 1. The van der Waals surface area contributed by atoms with Gasteiger partial charge < -0.3 is 5.32 Å². The highest BCUT2D eigenvalue weighted by atomic mass is 19.1. The first-order chi connectivity index (χ1) is 14.8. The van der Waals surface area contributed by atoms with E-state index in [0.29, 0.717) is 16.8 Å². The average Bonchev–Trinajstić information content (AvgIpc) is 2.98. The number of carbonyl (C=O) groups excluding carboxylic acids is 2. The fraction of sp³-hybridized carbons (Fsp3) is 0.154. The van der Waals surface area contributed by atoms with Crippen molar-refractivity contribution in [2.24, 2.45) is 0 Å². The Balaban J connectivity index is 1.87. The molecule has 0 aliphatic carbocycles. The third kappa shape index (κ3) is 3.63. The molecule has 5 heteroatoms. The van der Waals surface area contributed by atoms with Crippen LogP contribution in [0.1, 0.15) is 27.8 Å². The van der Waals surface area contributed by atoms with Crippen molar-refractivity contribution >= 4 is 28.8 Å². The van der Waals surface area contributed by atoms with Crippen molar-refractivity contribution < 1.29 is 14.0 Å². The highest BCUT2D eigenvalue weighted by molar-refractivity contribution is 6.46. The molecule has 0 atom stereocenters. The van der Waals surface area contributed by atoms with Gasteiger partial charge in [-0.05, 0) is 85.8 Å². The van der Waals surface area contributed by atoms with Crippen LogP contribution in [0.25, 0.3) is 5.57 Å². The maximum Gasteiger partial charge on any atom is 0.282 e. The number of carbonyl (C=O) groups is 2. The molecule has 31 heavy (non-hydrogen) atoms. The molecule has 0 radical (unpaired) electrons. The number of rotatable bonds is 4. The zero-order valence-corrected chi connectivity index (χ0v) is 17.9. The molecule has 0 saturated carbocycles. The Morgan fingerprint density at radius 1 is 0.774 bits per heavy atom. The highest BCUT2D eigenvalue weighted by Crippen LogP contribution is 2.35. The number of hydrogen-bond donors (Lipinski definition) is 1. The van der Waals surface area contributed by atoms with Gasteiger partial charge in [0, 0.05) is 5.69 Å². The van der Waals surface area contributed by atoms with Crippen LogP contribution in [-0.4, -0.2) is 11.8 Å². The molecule has 1 aliphatic heterocycles. The average molecular weight is 414 g/mol. The molecule has 1 N–H and O–H groups in total. The van der Waals surface area contributed by atoms with E-state index >= 15 is 0 Å². The second kappa shape index (κ2) is 7.84. The molecule has 3 aromatic carbocycles. The van der Waals surface area contributed by atoms with Gasteiger partial charge >= 0.3 is 0 Å². The van der Waals surface area contributed by atoms with Crippen LogP contribution in [0, 0.1) is 33.5 Å². The molecule has 1 aliphatic rings. The number of imide groups is 1. The molecule has 156 valence electrons. The van der Waals surface area contributed by atoms with Crippen LogP contribution < -0.4 is 10.2 Å². The normalized spacial score (nSPS) is 13.9. The van der Waals surface area contributed by atoms with Gasteiger partial charge in [0.1, 0.15) is 11.5 Å². The van der Waals surface area contributed by atoms with Gasteiger partial charge in [-0.25, -0.2) is 9.29 Å². The van der Waals surface area contributed by atoms with E-state index in [0.717, 1.165) is 32.8 Å². The fourth-order valence-electron chi connectivity index (χ4n) is 3.66. The van der Waals surface area contributed by atoms with E-state index in [9.17, 15) is 14.0 Å². The van der Waals surface area contributed by atoms with Crippen LogP contribution in [-0.2, 0) is 9.59 Å². The van der Waals surface area contributed by atoms with E-state index in [1.807, 2.05) is 64.1 Å². The summed E-state index contributed by atoms with van der Waals surface area (Å²) in [7, 11) is 0. The number of amides is 2. The molecule has 0 unspecified atom stereocenters. The second-order valence-corrected chi connectivity index (χ2v) is 7.84. The Labute approximate surface area is 181 Å². The predicted molar refractivity (Wildman–Crippen MR) is 121 cm³/mol. The number of benzene rings is 3. The fourth-order valence-corrected chi connectivity index (χ4v) is 3.66. The molecule has 0 bridgehead atoms. The van der Waals surface area contributed by atoms with Crippen molar-refractivity contribution in [3.8, 4) is 0 Å². The Morgan fingerprint density at radius 2 is 1.48 bits per heavy atom. The van der Waals surface area contributed by atoms with Crippen LogP contribution >= 0.6 is 0 Å². The highest BCUT2D eigenvalue weighted by Gasteiger charge is 2.40. The van der Waals surface area contributed by atoms with E-state index in [1.54, 1.807) is 0 Å². The first-order valence-corrected chi connectivity index (χ1v) is 10.1. The van der Waals surface area contributed by atoms with Crippen molar-refractivity contribution in [3.63, 3.8) is 0 Å². The summed E-state index contributed by atoms with van der Waals surface area (Å²) in [6.45, 7) is 7.92. The first-order valence-electron chi connectivity index (χ1n) is 10.1. The molecule has 0 aromatic heterocycles. The Hall–Kier alpha value is -3.73. The van der Waals surface area contributed by atoms with Gasteiger partial charge in [0.2, 0.25) is 0 Å². The van der Waals surface area contributed by atoms with Crippen molar-refractivity contribution in [2.75, 3.05) is 10.2 Å². The SMILES string of the molecule is Cc1ccc(C2=C(Nc3cccc(C)c3C)C(=O)N(c3ccc(F)cc3)C2=O)cc1C. The van der Waals surface area contributed by atoms with Crippen molar-refractivity contribution in [3.05, 3.63) is 100.0 Å². The van der Waals surface area contributed by atoms with Crippen molar-refractivity contribution in [1.29, 1.82) is 0 Å². The van der Waals surface area contributed by atoms with Gasteiger partial charge in [0.05, 0.1) is 11.3 Å². The topological polar surface area (TPSA) is 49.4 Å². The van der Waals surface area contributed by atoms with Gasteiger partial charge in [-0.15, -0.1) is 0 Å². The molecule has 0 saturated heterocycles. The minimum atomic E-state index is -0.467. The zero-order valence-electron chi connectivity index (χ0n) is 17.9. The van der Waals surface area contributed by atoms with Crippen LogP contribution in [0.3, 0.4) is 0 Å². The summed E-state index contributed by atoms with van der Waals surface area (Å²) in [5, 5.41) is 3.22. The summed E-state index contributed by atoms with van der Waals surface area (Å²) >= 11 is 0. The van der Waals surface area contributed by atoms with E-state index in [4.69, 9.17) is 0 Å². The maximum absolute atomic E-state index is 13.5. The van der Waals surface area contributed by atoms with Crippen molar-refractivity contribution in [2.45, 2.75) is 27.7 Å². The van der Waals surface area contributed by atoms with Crippen LogP contribution in [0.4, 0.5) is 15.8 Å². The summed E-state index contributed by atoms with van der Waals surface area (Å²) in [4.78, 5) is 28.0. The Bertz CT molecular complexity index is 1240. The number of nitrogens with zero attached hydrogens (tertiary/aromatic N) is 1. The molecule has 4 rings (SSSR count). The predicted octanol–water partition coefficient (Wildman–Crippen LogP) is 5.46. The first kappa shape index (κ1) is 20.5. The van der Waals surface area contributed by atoms with E-state index in [1.165, 1.54) is 24.3 Å². The quantitative estimate of drug-likeness (QED) is 0.577. The van der Waals surface area contributed by atoms with Crippen LogP contribution in [0.15, 0.2) is 66.4 Å². The van der Waals surface area contributed by atoms with Crippen LogP contribution in [0.2, 0.25) is 0 Å². The molecule has 4 nitrogen and oxygen atoms in total. The lowest BCUT2D eigenvalue weighted by Gasteiger charge is -2.16. The minimum Gasteiger partial charge on any atom is -0.350 e. The Morgan fingerprint density at radius 3 is 2.16 bits per heavy atom. The standard InChI is InChI=1S/C26H23FN2O2/c1-15-8-9-19(14-17(15)3)23-24(28-22-7-5-6-16(2)18(22)4)26(31)29(25(23)30)21-12-10-20(27)11-13-21/h5-14,28H,1-4H3. The monoisotopic (exact) mass is 414 g/mol. The van der Waals surface area contributed by atoms with E-state index in [2.05, 4.69) is 5.32 Å². The molecular formula is C26H23FN2O2. The summed E-state index contributed by atoms with van der Waals surface area (Å²) in [5.41, 5.74) is 6.47. The smallest absolute Gasteiger partial charge is 0.282 e. The molecule has 1 heterocycles. The molecular weight excluding hydrogens is 391 g/mol. The Kier molecular flexibility index (Phi) is 5.19. The third-order valence-electron chi connectivity index (χ3n) is 5.83. The molecule has 0 fully saturated rings. The summed E-state index contributed by atoms with van der Waals surface area (Å²) < 4.78 is 13.4. The zero-order chi connectivity index (χ0) is 22.3. The number of hydrogen-bond acceptors (Lipinski definition) is 3.